The molecule has 3 N–H and O–H groups in total. The fourth-order valence-corrected chi connectivity index (χ4v) is 3.88. The van der Waals surface area contributed by atoms with Gasteiger partial charge >= 0.3 is 0 Å². The highest BCUT2D eigenvalue weighted by atomic mass is 32.1. The van der Waals surface area contributed by atoms with E-state index in [1.54, 1.807) is 49.6 Å². The molecule has 0 aliphatic carbocycles. The number of carbonyl (C=O) groups excluding carboxylic acids is 2. The van der Waals surface area contributed by atoms with Crippen LogP contribution in [0.4, 0.5) is 11.5 Å². The van der Waals surface area contributed by atoms with E-state index in [0.717, 1.165) is 11.3 Å². The van der Waals surface area contributed by atoms with Crippen molar-refractivity contribution in [1.82, 2.24) is 10.2 Å². The van der Waals surface area contributed by atoms with Gasteiger partial charge in [-0.25, -0.2) is 0 Å². The summed E-state index contributed by atoms with van der Waals surface area (Å²) in [4.78, 5) is 26.1. The molecule has 0 bridgehead atoms. The first-order chi connectivity index (χ1) is 15.1. The van der Waals surface area contributed by atoms with Crippen molar-refractivity contribution in [3.05, 3.63) is 70.6 Å². The summed E-state index contributed by atoms with van der Waals surface area (Å²) in [6.07, 6.45) is 0.192. The number of nitriles is 1. The average Bonchev–Trinajstić information content (AvgIpc) is 3.36. The van der Waals surface area contributed by atoms with Gasteiger partial charge in [-0.05, 0) is 42.0 Å². The number of nitrogens with one attached hydrogen (secondary N) is 3. The van der Waals surface area contributed by atoms with Gasteiger partial charge in [-0.15, -0.1) is 11.3 Å². The summed E-state index contributed by atoms with van der Waals surface area (Å²) in [7, 11) is 1.59. The van der Waals surface area contributed by atoms with Crippen molar-refractivity contribution >= 4 is 44.9 Å². The van der Waals surface area contributed by atoms with Crippen LogP contribution in [0.15, 0.2) is 54.6 Å². The first-order valence-corrected chi connectivity index (χ1v) is 10.1. The molecule has 2 aromatic heterocycles. The van der Waals surface area contributed by atoms with Gasteiger partial charge < -0.3 is 15.4 Å². The maximum Gasteiger partial charge on any atom is 0.265 e. The molecule has 4 rings (SSSR count). The number of rotatable bonds is 6. The van der Waals surface area contributed by atoms with Crippen LogP contribution in [-0.4, -0.2) is 29.1 Å². The van der Waals surface area contributed by atoms with Gasteiger partial charge in [0.05, 0.1) is 35.4 Å². The number of carbonyl (C=O) groups is 2. The Morgan fingerprint density at radius 2 is 1.97 bits per heavy atom. The Kier molecular flexibility index (Phi) is 5.64. The summed E-state index contributed by atoms with van der Waals surface area (Å²) in [5.41, 5.74) is 1.84. The molecule has 0 saturated heterocycles. The fourth-order valence-electron chi connectivity index (χ4n) is 2.99. The van der Waals surface area contributed by atoms with E-state index in [1.807, 2.05) is 18.2 Å². The van der Waals surface area contributed by atoms with E-state index < -0.39 is 0 Å². The van der Waals surface area contributed by atoms with Crippen LogP contribution in [0.25, 0.3) is 10.2 Å². The van der Waals surface area contributed by atoms with Gasteiger partial charge in [-0.2, -0.15) is 10.4 Å². The smallest absolute Gasteiger partial charge is 0.265 e. The zero-order valence-electron chi connectivity index (χ0n) is 16.4. The van der Waals surface area contributed by atoms with Crippen molar-refractivity contribution in [1.29, 1.82) is 5.26 Å². The van der Waals surface area contributed by atoms with Crippen molar-refractivity contribution in [3.8, 4) is 11.8 Å². The predicted molar refractivity (Wildman–Crippen MR) is 118 cm³/mol. The van der Waals surface area contributed by atoms with Crippen LogP contribution in [0.5, 0.6) is 5.75 Å². The van der Waals surface area contributed by atoms with Gasteiger partial charge in [0, 0.05) is 5.69 Å². The van der Waals surface area contributed by atoms with E-state index in [0.29, 0.717) is 32.2 Å². The molecule has 0 radical (unpaired) electrons. The molecule has 9 heteroatoms. The minimum absolute atomic E-state index is 0.192. The lowest BCUT2D eigenvalue weighted by molar-refractivity contribution is -0.115. The Labute approximate surface area is 181 Å². The molecule has 0 fully saturated rings. The molecular formula is C22H17N5O3S. The highest BCUT2D eigenvalue weighted by molar-refractivity contribution is 7.20. The molecule has 0 aliphatic heterocycles. The van der Waals surface area contributed by atoms with E-state index in [9.17, 15) is 9.59 Å². The Hall–Kier alpha value is -4.16. The SMILES string of the molecule is COc1ccc(CC(=O)Nc2[nH]nc3sc(C(=O)Nc4cccc(C#N)c4)cc23)cc1. The Morgan fingerprint density at radius 3 is 2.71 bits per heavy atom. The number of thiophene rings is 1. The number of hydrogen-bond acceptors (Lipinski definition) is 6. The molecule has 0 atom stereocenters. The van der Waals surface area contributed by atoms with Crippen molar-refractivity contribution in [2.45, 2.75) is 6.42 Å². The van der Waals surface area contributed by atoms with E-state index in [2.05, 4.69) is 20.8 Å². The summed E-state index contributed by atoms with van der Waals surface area (Å²) >= 11 is 1.21. The van der Waals surface area contributed by atoms with Gasteiger partial charge in [-0.1, -0.05) is 18.2 Å². The third-order valence-electron chi connectivity index (χ3n) is 4.51. The molecular weight excluding hydrogens is 414 g/mol. The maximum absolute atomic E-state index is 12.6. The van der Waals surface area contributed by atoms with Gasteiger partial charge in [0.25, 0.3) is 5.91 Å². The monoisotopic (exact) mass is 431 g/mol. The minimum Gasteiger partial charge on any atom is -0.497 e. The van der Waals surface area contributed by atoms with Gasteiger partial charge in [0.1, 0.15) is 16.4 Å². The van der Waals surface area contributed by atoms with Crippen LogP contribution >= 0.6 is 11.3 Å². The lowest BCUT2D eigenvalue weighted by atomic mass is 10.1. The number of hydrogen-bond donors (Lipinski definition) is 3. The Balaban J connectivity index is 1.45. The van der Waals surface area contributed by atoms with Crippen LogP contribution < -0.4 is 15.4 Å². The second-order valence-electron chi connectivity index (χ2n) is 6.65. The van der Waals surface area contributed by atoms with Crippen molar-refractivity contribution in [2.24, 2.45) is 0 Å². The van der Waals surface area contributed by atoms with Crippen LogP contribution in [-0.2, 0) is 11.2 Å². The van der Waals surface area contributed by atoms with E-state index in [4.69, 9.17) is 10.00 Å². The third-order valence-corrected chi connectivity index (χ3v) is 5.54. The molecule has 8 nitrogen and oxygen atoms in total. The third kappa shape index (κ3) is 4.55. The summed E-state index contributed by atoms with van der Waals surface area (Å²) < 4.78 is 5.12. The van der Waals surface area contributed by atoms with Gasteiger partial charge in [0.15, 0.2) is 0 Å². The summed E-state index contributed by atoms with van der Waals surface area (Å²) in [6.45, 7) is 0. The largest absolute Gasteiger partial charge is 0.497 e. The second-order valence-corrected chi connectivity index (χ2v) is 7.68. The lowest BCUT2D eigenvalue weighted by Crippen LogP contribution is -2.15. The maximum atomic E-state index is 12.6. The Bertz CT molecular complexity index is 1300. The predicted octanol–water partition coefficient (Wildman–Crippen LogP) is 3.94. The quantitative estimate of drug-likeness (QED) is 0.427. The number of benzene rings is 2. The molecule has 154 valence electrons. The van der Waals surface area contributed by atoms with Crippen molar-refractivity contribution < 1.29 is 14.3 Å². The minimum atomic E-state index is -0.311. The molecule has 2 amide bonds. The molecule has 2 heterocycles. The van der Waals surface area contributed by atoms with Crippen molar-refractivity contribution in [2.75, 3.05) is 17.7 Å². The topological polar surface area (TPSA) is 120 Å². The first-order valence-electron chi connectivity index (χ1n) is 9.28. The zero-order chi connectivity index (χ0) is 21.8. The van der Waals surface area contributed by atoms with Crippen molar-refractivity contribution in [3.63, 3.8) is 0 Å². The number of amides is 2. The van der Waals surface area contributed by atoms with Crippen LogP contribution in [0.1, 0.15) is 20.8 Å². The molecule has 4 aromatic rings. The highest BCUT2D eigenvalue weighted by Gasteiger charge is 2.17. The van der Waals surface area contributed by atoms with E-state index in [-0.39, 0.29) is 18.2 Å². The summed E-state index contributed by atoms with van der Waals surface area (Å²) in [5.74, 6) is 0.646. The number of aromatic nitrogens is 2. The molecule has 31 heavy (non-hydrogen) atoms. The number of ether oxygens (including phenoxy) is 1. The van der Waals surface area contributed by atoms with Crippen LogP contribution in [0.2, 0.25) is 0 Å². The summed E-state index contributed by atoms with van der Waals surface area (Å²) in [5, 5.41) is 22.2. The Morgan fingerprint density at radius 1 is 1.16 bits per heavy atom. The fraction of sp³-hybridized carbons (Fsp3) is 0.0909. The highest BCUT2D eigenvalue weighted by Crippen LogP contribution is 2.30. The second kappa shape index (κ2) is 8.69. The first kappa shape index (κ1) is 20.1. The average molecular weight is 431 g/mol. The number of fused-ring (bicyclic) bond motifs is 1. The van der Waals surface area contributed by atoms with Gasteiger partial charge in [-0.3, -0.25) is 14.7 Å². The number of H-pyrrole nitrogens is 1. The molecule has 2 aromatic carbocycles. The molecule has 0 aliphatic rings. The molecule has 0 spiro atoms. The summed E-state index contributed by atoms with van der Waals surface area (Å²) in [6, 6.07) is 17.6. The standard InChI is InChI=1S/C22H17N5O3S/c1-30-16-7-5-13(6-8-16)10-19(28)25-20-17-11-18(31-22(17)27-26-20)21(29)24-15-4-2-3-14(9-15)12-23/h2-9,11H,10H2,1H3,(H,24,29)(H2,25,26,27,28). The number of aromatic amines is 1. The lowest BCUT2D eigenvalue weighted by Gasteiger charge is -2.05. The van der Waals surface area contributed by atoms with Gasteiger partial charge in [0.2, 0.25) is 5.91 Å². The van der Waals surface area contributed by atoms with Crippen LogP contribution in [0.3, 0.4) is 0 Å². The molecule has 0 saturated carbocycles. The molecule has 0 unspecified atom stereocenters. The van der Waals surface area contributed by atoms with Crippen LogP contribution in [0, 0.1) is 11.3 Å². The number of nitrogens with zero attached hydrogens (tertiary/aromatic N) is 2. The van der Waals surface area contributed by atoms with E-state index in [1.165, 1.54) is 11.3 Å². The number of methoxy groups -OCH3 is 1. The normalized spacial score (nSPS) is 10.5. The number of anilines is 2. The zero-order valence-corrected chi connectivity index (χ0v) is 17.2. The van der Waals surface area contributed by atoms with E-state index >= 15 is 0 Å².